The fraction of sp³-hybridized carbons (Fsp3) is 0.588. The lowest BCUT2D eigenvalue weighted by atomic mass is 10.1. The van der Waals surface area contributed by atoms with Crippen molar-refractivity contribution >= 4 is 6.03 Å². The van der Waals surface area contributed by atoms with E-state index in [1.807, 2.05) is 26.0 Å². The normalized spacial score (nSPS) is 18.8. The van der Waals surface area contributed by atoms with Crippen LogP contribution in [-0.4, -0.2) is 33.7 Å². The molecule has 7 heteroatoms. The Hall–Kier alpha value is -2.31. The first-order valence-corrected chi connectivity index (χ1v) is 8.45. The van der Waals surface area contributed by atoms with Gasteiger partial charge in [-0.05, 0) is 45.2 Å². The zero-order valence-electron chi connectivity index (χ0n) is 14.4. The van der Waals surface area contributed by atoms with Gasteiger partial charge in [-0.15, -0.1) is 0 Å². The van der Waals surface area contributed by atoms with Gasteiger partial charge in [0, 0.05) is 25.9 Å². The topological polar surface area (TPSA) is 84.4 Å². The van der Waals surface area contributed by atoms with Crippen LogP contribution in [0.2, 0.25) is 0 Å². The summed E-state index contributed by atoms with van der Waals surface area (Å²) >= 11 is 0. The largest absolute Gasteiger partial charge is 0.466 e. The summed E-state index contributed by atoms with van der Waals surface area (Å²) in [6.45, 7) is 6.42. The number of hydrogen-bond acceptors (Lipinski definition) is 5. The van der Waals surface area contributed by atoms with Crippen LogP contribution < -0.4 is 5.32 Å². The lowest BCUT2D eigenvalue weighted by Crippen LogP contribution is -2.43. The highest BCUT2D eigenvalue weighted by Gasteiger charge is 2.33. The number of likely N-dealkylation sites (tertiary alicyclic amines) is 1. The standard InChI is InChI=1S/C17H24N4O3/c1-11(6-8-14-9-7-12(2)23-14)18-17(22)21-10-4-5-15(21)16-19-13(3)24-20-16/h7,9,11,15H,4-6,8,10H2,1-3H3,(H,18,22)/t11-,15-/m1/s1. The van der Waals surface area contributed by atoms with E-state index in [1.54, 1.807) is 11.8 Å². The van der Waals surface area contributed by atoms with Crippen LogP contribution in [0.3, 0.4) is 0 Å². The quantitative estimate of drug-likeness (QED) is 0.909. The molecule has 7 nitrogen and oxygen atoms in total. The number of carbonyl (C=O) groups is 1. The highest BCUT2D eigenvalue weighted by atomic mass is 16.5. The molecule has 1 fully saturated rings. The molecule has 1 N–H and O–H groups in total. The third-order valence-corrected chi connectivity index (χ3v) is 4.34. The van der Waals surface area contributed by atoms with Crippen molar-refractivity contribution in [2.24, 2.45) is 0 Å². The van der Waals surface area contributed by atoms with E-state index in [1.165, 1.54) is 0 Å². The van der Waals surface area contributed by atoms with Crippen molar-refractivity contribution in [2.75, 3.05) is 6.54 Å². The van der Waals surface area contributed by atoms with Gasteiger partial charge >= 0.3 is 6.03 Å². The summed E-state index contributed by atoms with van der Waals surface area (Å²) in [4.78, 5) is 18.6. The van der Waals surface area contributed by atoms with E-state index in [0.717, 1.165) is 37.2 Å². The average molecular weight is 332 g/mol. The number of urea groups is 1. The molecule has 0 aliphatic carbocycles. The number of furan rings is 1. The van der Waals surface area contributed by atoms with Crippen molar-refractivity contribution in [3.05, 3.63) is 35.4 Å². The molecule has 0 unspecified atom stereocenters. The number of aryl methyl sites for hydroxylation is 3. The minimum absolute atomic E-state index is 0.0659. The molecular formula is C17H24N4O3. The van der Waals surface area contributed by atoms with Crippen molar-refractivity contribution in [3.63, 3.8) is 0 Å². The van der Waals surface area contributed by atoms with Crippen molar-refractivity contribution in [2.45, 2.75) is 58.5 Å². The second-order valence-corrected chi connectivity index (χ2v) is 6.42. The monoisotopic (exact) mass is 332 g/mol. The van der Waals surface area contributed by atoms with Crippen molar-refractivity contribution in [3.8, 4) is 0 Å². The van der Waals surface area contributed by atoms with Gasteiger partial charge in [0.1, 0.15) is 11.5 Å². The number of amides is 2. The zero-order chi connectivity index (χ0) is 17.1. The van der Waals surface area contributed by atoms with Crippen LogP contribution >= 0.6 is 0 Å². The van der Waals surface area contributed by atoms with E-state index in [9.17, 15) is 4.79 Å². The summed E-state index contributed by atoms with van der Waals surface area (Å²) in [5, 5.41) is 7.03. The van der Waals surface area contributed by atoms with Gasteiger partial charge in [-0.1, -0.05) is 5.16 Å². The SMILES string of the molecule is Cc1ccc(CC[C@@H](C)NC(=O)N2CCC[C@@H]2c2noc(C)n2)o1. The molecule has 130 valence electrons. The maximum absolute atomic E-state index is 12.6. The first-order chi connectivity index (χ1) is 11.5. The molecule has 0 radical (unpaired) electrons. The van der Waals surface area contributed by atoms with Gasteiger partial charge in [0.25, 0.3) is 0 Å². The van der Waals surface area contributed by atoms with Crippen LogP contribution in [0, 0.1) is 13.8 Å². The number of nitrogens with zero attached hydrogens (tertiary/aromatic N) is 3. The number of carbonyl (C=O) groups excluding carboxylic acids is 1. The van der Waals surface area contributed by atoms with E-state index >= 15 is 0 Å². The Labute approximate surface area is 141 Å². The van der Waals surface area contributed by atoms with Gasteiger partial charge in [-0.2, -0.15) is 4.98 Å². The summed E-state index contributed by atoms with van der Waals surface area (Å²) in [6.07, 6.45) is 3.46. The molecule has 2 aromatic heterocycles. The van der Waals surface area contributed by atoms with E-state index in [0.29, 0.717) is 18.3 Å². The molecular weight excluding hydrogens is 308 g/mol. The number of aromatic nitrogens is 2. The zero-order valence-corrected chi connectivity index (χ0v) is 14.4. The Morgan fingerprint density at radius 2 is 2.29 bits per heavy atom. The van der Waals surface area contributed by atoms with Crippen LogP contribution in [0.1, 0.15) is 55.5 Å². The van der Waals surface area contributed by atoms with Crippen LogP contribution in [0.5, 0.6) is 0 Å². The Bertz CT molecular complexity index is 694. The minimum Gasteiger partial charge on any atom is -0.466 e. The highest BCUT2D eigenvalue weighted by Crippen LogP contribution is 2.30. The Morgan fingerprint density at radius 1 is 1.46 bits per heavy atom. The van der Waals surface area contributed by atoms with Gasteiger partial charge in [0.05, 0.1) is 6.04 Å². The summed E-state index contributed by atoms with van der Waals surface area (Å²) in [5.74, 6) is 2.99. The maximum atomic E-state index is 12.6. The number of hydrogen-bond donors (Lipinski definition) is 1. The van der Waals surface area contributed by atoms with Gasteiger partial charge in [0.15, 0.2) is 5.82 Å². The van der Waals surface area contributed by atoms with Crippen LogP contribution in [-0.2, 0) is 6.42 Å². The van der Waals surface area contributed by atoms with E-state index < -0.39 is 0 Å². The fourth-order valence-electron chi connectivity index (χ4n) is 3.07. The van der Waals surface area contributed by atoms with Crippen LogP contribution in [0.25, 0.3) is 0 Å². The van der Waals surface area contributed by atoms with Gasteiger partial charge in [-0.3, -0.25) is 0 Å². The first-order valence-electron chi connectivity index (χ1n) is 8.45. The summed E-state index contributed by atoms with van der Waals surface area (Å²) in [5.41, 5.74) is 0. The highest BCUT2D eigenvalue weighted by molar-refractivity contribution is 5.75. The van der Waals surface area contributed by atoms with Gasteiger partial charge in [-0.25, -0.2) is 4.79 Å². The summed E-state index contributed by atoms with van der Waals surface area (Å²) in [6, 6.07) is 3.85. The lowest BCUT2D eigenvalue weighted by Gasteiger charge is -2.25. The van der Waals surface area contributed by atoms with Crippen molar-refractivity contribution in [1.82, 2.24) is 20.4 Å². The molecule has 2 aromatic rings. The molecule has 2 atom stereocenters. The Kier molecular flexibility index (Phi) is 4.87. The minimum atomic E-state index is -0.0950. The molecule has 1 saturated heterocycles. The van der Waals surface area contributed by atoms with E-state index in [-0.39, 0.29) is 18.1 Å². The predicted octanol–water partition coefficient (Wildman–Crippen LogP) is 3.15. The number of rotatable bonds is 5. The Balaban J connectivity index is 1.53. The van der Waals surface area contributed by atoms with Crippen molar-refractivity contribution in [1.29, 1.82) is 0 Å². The molecule has 3 rings (SSSR count). The van der Waals surface area contributed by atoms with Gasteiger partial charge in [0.2, 0.25) is 5.89 Å². The van der Waals surface area contributed by atoms with Gasteiger partial charge < -0.3 is 19.2 Å². The first kappa shape index (κ1) is 16.5. The third-order valence-electron chi connectivity index (χ3n) is 4.34. The molecule has 1 aliphatic rings. The number of nitrogens with one attached hydrogen (secondary N) is 1. The van der Waals surface area contributed by atoms with Crippen molar-refractivity contribution < 1.29 is 13.7 Å². The molecule has 1 aliphatic heterocycles. The second-order valence-electron chi connectivity index (χ2n) is 6.42. The molecule has 3 heterocycles. The fourth-order valence-corrected chi connectivity index (χ4v) is 3.07. The average Bonchev–Trinajstić information content (AvgIpc) is 3.25. The summed E-state index contributed by atoms with van der Waals surface area (Å²) in [7, 11) is 0. The molecule has 24 heavy (non-hydrogen) atoms. The second kappa shape index (κ2) is 7.07. The smallest absolute Gasteiger partial charge is 0.318 e. The third kappa shape index (κ3) is 3.77. The Morgan fingerprint density at radius 3 is 2.96 bits per heavy atom. The molecule has 0 bridgehead atoms. The summed E-state index contributed by atoms with van der Waals surface area (Å²) < 4.78 is 10.6. The lowest BCUT2D eigenvalue weighted by molar-refractivity contribution is 0.186. The van der Waals surface area contributed by atoms with Crippen LogP contribution in [0.15, 0.2) is 21.1 Å². The molecule has 0 saturated carbocycles. The van der Waals surface area contributed by atoms with Crippen LogP contribution in [0.4, 0.5) is 4.79 Å². The molecule has 0 aromatic carbocycles. The predicted molar refractivity (Wildman–Crippen MR) is 87.5 cm³/mol. The molecule has 0 spiro atoms. The van der Waals surface area contributed by atoms with E-state index in [2.05, 4.69) is 15.5 Å². The molecule has 2 amide bonds. The van der Waals surface area contributed by atoms with E-state index in [4.69, 9.17) is 8.94 Å². The maximum Gasteiger partial charge on any atom is 0.318 e.